The molecular weight excluding hydrogens is 540 g/mol. The maximum Gasteiger partial charge on any atom is 0.266 e. The Balaban J connectivity index is 0.00000112. The van der Waals surface area contributed by atoms with E-state index in [0.29, 0.717) is 12.3 Å². The lowest BCUT2D eigenvalue weighted by atomic mass is 9.93. The molecule has 2 aromatic heterocycles. The van der Waals surface area contributed by atoms with Crippen molar-refractivity contribution in [3.05, 3.63) is 82.0 Å². The van der Waals surface area contributed by atoms with E-state index in [-0.39, 0.29) is 31.9 Å². The summed E-state index contributed by atoms with van der Waals surface area (Å²) in [6.07, 6.45) is 8.36. The van der Waals surface area contributed by atoms with Crippen LogP contribution in [0.15, 0.2) is 54.9 Å². The van der Waals surface area contributed by atoms with Gasteiger partial charge in [0, 0.05) is 30.5 Å². The van der Waals surface area contributed by atoms with Crippen LogP contribution < -0.4 is 10.1 Å². The average Bonchev–Trinajstić information content (AvgIpc) is 3.33. The van der Waals surface area contributed by atoms with Crippen LogP contribution in [0.2, 0.25) is 5.02 Å². The zero-order valence-corrected chi connectivity index (χ0v) is 23.8. The van der Waals surface area contributed by atoms with Crippen LogP contribution in [0.5, 0.6) is 5.75 Å². The zero-order valence-electron chi connectivity index (χ0n) is 22.3. The first kappa shape index (κ1) is 28.9. The summed E-state index contributed by atoms with van der Waals surface area (Å²) in [5.41, 5.74) is 2.83. The Morgan fingerprint density at radius 3 is 2.36 bits per heavy atom. The third-order valence-electron chi connectivity index (χ3n) is 6.79. The van der Waals surface area contributed by atoms with Crippen LogP contribution in [0.3, 0.4) is 0 Å². The lowest BCUT2D eigenvalue weighted by Crippen LogP contribution is -2.40. The molecule has 2 heterocycles. The highest BCUT2D eigenvalue weighted by atomic mass is 35.5. The molecule has 0 unspecified atom stereocenters. The molecule has 2 aromatic carbocycles. The Morgan fingerprint density at radius 1 is 1.05 bits per heavy atom. The number of methoxy groups -OCH3 is 1. The number of rotatable bonds is 6. The van der Waals surface area contributed by atoms with Crippen LogP contribution in [0.1, 0.15) is 47.3 Å². The molecule has 1 aliphatic carbocycles. The number of aromatic nitrogens is 1. The Morgan fingerprint density at radius 2 is 1.72 bits per heavy atom. The van der Waals surface area contributed by atoms with Gasteiger partial charge in [0.2, 0.25) is 0 Å². The number of carbonyl (C=O) groups is 1. The van der Waals surface area contributed by atoms with Gasteiger partial charge in [0.1, 0.15) is 22.3 Å². The summed E-state index contributed by atoms with van der Waals surface area (Å²) in [6, 6.07) is 11.8. The number of hydrogen-bond donors (Lipinski definition) is 1. The first-order chi connectivity index (χ1) is 18.9. The molecule has 4 aromatic rings. The molecule has 0 saturated heterocycles. The summed E-state index contributed by atoms with van der Waals surface area (Å²) < 4.78 is 34.7. The Bertz CT molecular complexity index is 1430. The number of amides is 1. The van der Waals surface area contributed by atoms with E-state index >= 15 is 0 Å². The van der Waals surface area contributed by atoms with Crippen molar-refractivity contribution in [2.45, 2.75) is 44.7 Å². The highest BCUT2D eigenvalue weighted by molar-refractivity contribution is 7.21. The second kappa shape index (κ2) is 13.3. The van der Waals surface area contributed by atoms with Crippen molar-refractivity contribution in [3.63, 3.8) is 0 Å². The molecular formula is C30H32ClF2N3O2S. The molecule has 1 aliphatic rings. The summed E-state index contributed by atoms with van der Waals surface area (Å²) in [4.78, 5) is 20.0. The number of ether oxygens (including phenoxy) is 1. The third-order valence-corrected chi connectivity index (χ3v) is 8.46. The number of nitrogens with one attached hydrogen (secondary N) is 1. The van der Waals surface area contributed by atoms with E-state index in [1.807, 2.05) is 44.4 Å². The van der Waals surface area contributed by atoms with Crippen molar-refractivity contribution in [2.75, 3.05) is 21.2 Å². The molecule has 1 N–H and O–H groups in total. The Labute approximate surface area is 236 Å². The number of benzene rings is 2. The lowest BCUT2D eigenvalue weighted by Gasteiger charge is -2.34. The van der Waals surface area contributed by atoms with E-state index < -0.39 is 11.6 Å². The van der Waals surface area contributed by atoms with Crippen LogP contribution in [-0.2, 0) is 6.54 Å². The fraction of sp³-hybridized carbons (Fsp3) is 0.333. The zero-order chi connectivity index (χ0) is 27.9. The molecule has 39 heavy (non-hydrogen) atoms. The smallest absolute Gasteiger partial charge is 0.266 e. The number of thiophene rings is 1. The topological polar surface area (TPSA) is 54.5 Å². The number of hydrogen-bond acceptors (Lipinski definition) is 5. The molecule has 0 radical (unpaired) electrons. The normalized spacial score (nSPS) is 13.6. The number of nitrogens with zero attached hydrogens (tertiary/aromatic N) is 2. The SMILES string of the molecule is CNC.COc1ccc(-c2ccncc2)cc1CN(C(=O)c1sc2c(F)ccc(F)c2c1Cl)C1CCCCC1. The van der Waals surface area contributed by atoms with Crippen molar-refractivity contribution in [1.29, 1.82) is 0 Å². The number of fused-ring (bicyclic) bond motifs is 1. The van der Waals surface area contributed by atoms with E-state index in [2.05, 4.69) is 10.3 Å². The first-order valence-corrected chi connectivity index (χ1v) is 14.1. The molecule has 0 spiro atoms. The monoisotopic (exact) mass is 571 g/mol. The van der Waals surface area contributed by atoms with Gasteiger partial charge >= 0.3 is 0 Å². The van der Waals surface area contributed by atoms with Gasteiger partial charge in [0.15, 0.2) is 0 Å². The maximum atomic E-state index is 14.5. The fourth-order valence-electron chi connectivity index (χ4n) is 4.93. The van der Waals surface area contributed by atoms with Crippen LogP contribution in [-0.4, -0.2) is 43.0 Å². The van der Waals surface area contributed by atoms with Gasteiger partial charge in [-0.15, -0.1) is 11.3 Å². The van der Waals surface area contributed by atoms with Crippen molar-refractivity contribution in [2.24, 2.45) is 0 Å². The van der Waals surface area contributed by atoms with Gasteiger partial charge in [-0.1, -0.05) is 36.9 Å². The van der Waals surface area contributed by atoms with E-state index in [9.17, 15) is 13.6 Å². The minimum absolute atomic E-state index is 0.00323. The number of halogens is 3. The standard InChI is InChI=1S/C28H25ClF2N2O2S.C2H7N/c1-35-23-10-7-18(17-11-13-32-14-12-17)15-19(23)16-33(20-5-3-2-4-6-20)28(34)27-25(29)24-21(30)8-9-22(31)26(24)36-27;1-3-2/h7-15,20H,2-6,16H2,1H3;3H,1-2H3. The van der Waals surface area contributed by atoms with Crippen molar-refractivity contribution < 1.29 is 18.3 Å². The molecule has 9 heteroatoms. The van der Waals surface area contributed by atoms with Gasteiger partial charge in [0.25, 0.3) is 5.91 Å². The summed E-state index contributed by atoms with van der Waals surface area (Å²) >= 11 is 7.41. The van der Waals surface area contributed by atoms with Crippen LogP contribution in [0, 0.1) is 11.6 Å². The molecule has 5 rings (SSSR count). The number of pyridine rings is 1. The molecule has 5 nitrogen and oxygen atoms in total. The number of carbonyl (C=O) groups excluding carboxylic acids is 1. The van der Waals surface area contributed by atoms with Crippen molar-refractivity contribution in [3.8, 4) is 16.9 Å². The minimum Gasteiger partial charge on any atom is -0.496 e. The Kier molecular flexibility index (Phi) is 9.88. The third kappa shape index (κ3) is 6.40. The van der Waals surface area contributed by atoms with Gasteiger partial charge in [0.05, 0.1) is 22.2 Å². The predicted octanol–water partition coefficient (Wildman–Crippen LogP) is 7.71. The molecule has 1 saturated carbocycles. The van der Waals surface area contributed by atoms with Crippen LogP contribution >= 0.6 is 22.9 Å². The van der Waals surface area contributed by atoms with Gasteiger partial charge in [-0.2, -0.15) is 0 Å². The highest BCUT2D eigenvalue weighted by Gasteiger charge is 2.31. The van der Waals surface area contributed by atoms with Gasteiger partial charge in [-0.25, -0.2) is 8.78 Å². The van der Waals surface area contributed by atoms with E-state index in [4.69, 9.17) is 16.3 Å². The fourth-order valence-corrected chi connectivity index (χ4v) is 6.44. The molecule has 1 amide bonds. The van der Waals surface area contributed by atoms with Crippen LogP contribution in [0.25, 0.3) is 21.2 Å². The predicted molar refractivity (Wildman–Crippen MR) is 155 cm³/mol. The molecule has 0 aliphatic heterocycles. The average molecular weight is 572 g/mol. The van der Waals surface area contributed by atoms with E-state index in [1.165, 1.54) is 0 Å². The molecule has 1 fully saturated rings. The molecule has 206 valence electrons. The first-order valence-electron chi connectivity index (χ1n) is 12.9. The van der Waals surface area contributed by atoms with Gasteiger partial charge in [-0.3, -0.25) is 9.78 Å². The quantitative estimate of drug-likeness (QED) is 0.257. The van der Waals surface area contributed by atoms with E-state index in [0.717, 1.165) is 72.3 Å². The van der Waals surface area contributed by atoms with Crippen LogP contribution in [0.4, 0.5) is 8.78 Å². The Hall–Kier alpha value is -3.07. The molecule has 0 bridgehead atoms. The highest BCUT2D eigenvalue weighted by Crippen LogP contribution is 2.40. The summed E-state index contributed by atoms with van der Waals surface area (Å²) in [6.45, 7) is 0.293. The second-order valence-corrected chi connectivity index (χ2v) is 10.9. The second-order valence-electron chi connectivity index (χ2n) is 9.47. The van der Waals surface area contributed by atoms with Crippen molar-refractivity contribution >= 4 is 38.9 Å². The lowest BCUT2D eigenvalue weighted by molar-refractivity contribution is 0.0618. The minimum atomic E-state index is -0.636. The summed E-state index contributed by atoms with van der Waals surface area (Å²) in [7, 11) is 5.35. The summed E-state index contributed by atoms with van der Waals surface area (Å²) in [5, 5.41) is 2.68. The van der Waals surface area contributed by atoms with E-state index in [1.54, 1.807) is 24.4 Å². The largest absolute Gasteiger partial charge is 0.496 e. The van der Waals surface area contributed by atoms with Gasteiger partial charge < -0.3 is 15.0 Å². The molecule has 0 atom stereocenters. The van der Waals surface area contributed by atoms with Gasteiger partial charge in [-0.05, 0) is 74.5 Å². The van der Waals surface area contributed by atoms with Crippen molar-refractivity contribution in [1.82, 2.24) is 15.2 Å². The summed E-state index contributed by atoms with van der Waals surface area (Å²) in [5.74, 6) is -0.875. The maximum absolute atomic E-state index is 14.5.